The molecule has 3 heterocycles. The Morgan fingerprint density at radius 3 is 2.22 bits per heavy atom. The first-order chi connectivity index (χ1) is 26.8. The lowest BCUT2D eigenvalue weighted by molar-refractivity contribution is 0.0703. The van der Waals surface area contributed by atoms with Gasteiger partial charge in [0, 0.05) is 54.9 Å². The summed E-state index contributed by atoms with van der Waals surface area (Å²) in [6.45, 7) is 3.76. The van der Waals surface area contributed by atoms with Crippen LogP contribution in [-0.2, 0) is 39.1 Å². The quantitative estimate of drug-likeness (QED) is 0.0893. The molecule has 0 fully saturated rings. The maximum absolute atomic E-state index is 13.7. The number of hydrogen-bond donors (Lipinski definition) is 1. The number of carbonyl (C=O) groups is 2. The van der Waals surface area contributed by atoms with Crippen LogP contribution >= 0.6 is 0 Å². The number of carbonyl (C=O) groups excluding carboxylic acids is 2. The summed E-state index contributed by atoms with van der Waals surface area (Å²) in [6.07, 6.45) is 6.14. The predicted molar refractivity (Wildman–Crippen MR) is 215 cm³/mol. The van der Waals surface area contributed by atoms with Crippen molar-refractivity contribution in [2.75, 3.05) is 19.9 Å². The number of methoxy groups -OCH3 is 1. The van der Waals surface area contributed by atoms with Crippen molar-refractivity contribution in [3.63, 3.8) is 0 Å². The average molecular weight is 734 g/mol. The molecule has 2 unspecified atom stereocenters. The summed E-state index contributed by atoms with van der Waals surface area (Å²) in [5.41, 5.74) is 16.6. The lowest BCUT2D eigenvalue weighted by Crippen LogP contribution is -2.44. The van der Waals surface area contributed by atoms with Crippen LogP contribution in [0, 0.1) is 6.92 Å². The number of nitrogens with two attached hydrogens (primary N) is 1. The summed E-state index contributed by atoms with van der Waals surface area (Å²) in [4.78, 5) is 39.5. The first-order valence-electron chi connectivity index (χ1n) is 18.4. The topological polar surface area (TPSA) is 119 Å². The molecule has 5 aromatic carbocycles. The number of aliphatic imine (C=N–C) groups is 2. The van der Waals surface area contributed by atoms with Gasteiger partial charge in [-0.3, -0.25) is 24.5 Å². The average Bonchev–Trinajstić information content (AvgIpc) is 3.32. The third-order valence-corrected chi connectivity index (χ3v) is 10.7. The molecule has 0 aliphatic carbocycles. The van der Waals surface area contributed by atoms with E-state index < -0.39 is 0 Å². The van der Waals surface area contributed by atoms with E-state index >= 15 is 0 Å². The van der Waals surface area contributed by atoms with Crippen LogP contribution in [0.5, 0.6) is 17.2 Å². The number of aryl methyl sites for hydroxylation is 1. The van der Waals surface area contributed by atoms with E-state index in [4.69, 9.17) is 29.9 Å². The number of amides is 1. The molecule has 10 heteroatoms. The minimum Gasteiger partial charge on any atom is -0.493 e. The zero-order valence-corrected chi connectivity index (χ0v) is 31.2. The summed E-state index contributed by atoms with van der Waals surface area (Å²) in [5, 5.41) is 0. The van der Waals surface area contributed by atoms with Crippen LogP contribution in [0.4, 0.5) is 17.1 Å². The van der Waals surface area contributed by atoms with Gasteiger partial charge in [-0.25, -0.2) is 0 Å². The van der Waals surface area contributed by atoms with Gasteiger partial charge in [0.05, 0.1) is 30.1 Å². The molecule has 0 radical (unpaired) electrons. The number of likely N-dealkylation sites (N-methyl/N-ethyl adjacent to an activating group) is 1. The molecule has 55 heavy (non-hydrogen) atoms. The second-order valence-corrected chi connectivity index (χ2v) is 14.5. The Morgan fingerprint density at radius 1 is 0.836 bits per heavy atom. The van der Waals surface area contributed by atoms with Crippen LogP contribution in [0.25, 0.3) is 0 Å². The molecular formula is C45H43N5O5. The SMILES string of the molecule is COc1cc(C=O)c(N=CC2Cc3ccccc3CN2C)cc1OCc1cc(N)cc(COc2cc3c(cc2C)C(=O)N2Cc4ccccc4CC2C=N3)c1. The molecule has 2 atom stereocenters. The minimum absolute atomic E-state index is 0.0264. The Bertz CT molecular complexity index is 2350. The van der Waals surface area contributed by atoms with Crippen LogP contribution in [0.1, 0.15) is 59.7 Å². The van der Waals surface area contributed by atoms with Crippen LogP contribution in [0.3, 0.4) is 0 Å². The molecule has 0 aromatic heterocycles. The Kier molecular flexibility index (Phi) is 9.90. The standard InChI is InChI=1S/C45H43N5O5/c1-28-12-39-41(48-22-38-17-32-9-5-7-11-34(32)24-50(38)45(39)52)20-42(28)54-26-29-13-30(15-36(46)14-29)27-55-44-19-40(35(25-51)18-43(44)53-3)47-21-37-16-31-8-4-6-10-33(31)23-49(37)2/h4-15,18-22,25,37-38H,16-17,23-24,26-27,46H2,1-3H3. The maximum Gasteiger partial charge on any atom is 0.256 e. The Labute approximate surface area is 320 Å². The number of fused-ring (bicyclic) bond motifs is 4. The largest absolute Gasteiger partial charge is 0.493 e. The van der Waals surface area contributed by atoms with E-state index in [9.17, 15) is 9.59 Å². The molecule has 0 bridgehead atoms. The van der Waals surface area contributed by atoms with Crippen molar-refractivity contribution in [1.29, 1.82) is 0 Å². The van der Waals surface area contributed by atoms with Gasteiger partial charge in [0.25, 0.3) is 5.91 Å². The molecule has 3 aliphatic heterocycles. The van der Waals surface area contributed by atoms with Gasteiger partial charge < -0.3 is 24.8 Å². The highest BCUT2D eigenvalue weighted by atomic mass is 16.5. The molecule has 3 aliphatic rings. The van der Waals surface area contributed by atoms with Crippen molar-refractivity contribution in [1.82, 2.24) is 9.80 Å². The number of hydrogen-bond acceptors (Lipinski definition) is 9. The van der Waals surface area contributed by atoms with Crippen LogP contribution in [0.2, 0.25) is 0 Å². The van der Waals surface area contributed by atoms with Crippen molar-refractivity contribution < 1.29 is 23.8 Å². The number of rotatable bonds is 10. The molecule has 10 nitrogen and oxygen atoms in total. The summed E-state index contributed by atoms with van der Waals surface area (Å²) in [6, 6.07) is 29.5. The van der Waals surface area contributed by atoms with Crippen LogP contribution < -0.4 is 19.9 Å². The fourth-order valence-corrected chi connectivity index (χ4v) is 7.67. The Morgan fingerprint density at radius 2 is 1.51 bits per heavy atom. The van der Waals surface area contributed by atoms with Gasteiger partial charge in [0.15, 0.2) is 17.8 Å². The number of anilines is 1. The monoisotopic (exact) mass is 733 g/mol. The minimum atomic E-state index is -0.100. The van der Waals surface area contributed by atoms with E-state index in [1.165, 1.54) is 22.3 Å². The van der Waals surface area contributed by atoms with Crippen molar-refractivity contribution in [3.05, 3.63) is 141 Å². The third-order valence-electron chi connectivity index (χ3n) is 10.7. The first kappa shape index (κ1) is 35.8. The van der Waals surface area contributed by atoms with E-state index in [2.05, 4.69) is 48.3 Å². The molecular weight excluding hydrogens is 691 g/mol. The van der Waals surface area contributed by atoms with E-state index in [0.717, 1.165) is 42.4 Å². The second kappa shape index (κ2) is 15.2. The summed E-state index contributed by atoms with van der Waals surface area (Å²) in [5.74, 6) is 1.50. The van der Waals surface area contributed by atoms with Gasteiger partial charge in [0.1, 0.15) is 19.0 Å². The highest BCUT2D eigenvalue weighted by molar-refractivity contribution is 6.03. The van der Waals surface area contributed by atoms with E-state index in [0.29, 0.717) is 52.0 Å². The number of nitrogen functional groups attached to an aromatic ring is 1. The van der Waals surface area contributed by atoms with Gasteiger partial charge in [-0.1, -0.05) is 48.5 Å². The van der Waals surface area contributed by atoms with Crippen LogP contribution in [0.15, 0.2) is 101 Å². The molecule has 278 valence electrons. The maximum atomic E-state index is 13.7. The van der Waals surface area contributed by atoms with Crippen molar-refractivity contribution >= 4 is 41.7 Å². The third kappa shape index (κ3) is 7.46. The summed E-state index contributed by atoms with van der Waals surface area (Å²) >= 11 is 0. The highest BCUT2D eigenvalue weighted by Gasteiger charge is 2.33. The molecule has 8 rings (SSSR count). The zero-order chi connectivity index (χ0) is 38.1. The lowest BCUT2D eigenvalue weighted by atomic mass is 9.94. The summed E-state index contributed by atoms with van der Waals surface area (Å²) in [7, 11) is 3.62. The van der Waals surface area contributed by atoms with E-state index in [1.54, 1.807) is 19.2 Å². The van der Waals surface area contributed by atoms with E-state index in [1.807, 2.05) is 66.7 Å². The Hall–Kier alpha value is -6.26. The van der Waals surface area contributed by atoms with Gasteiger partial charge in [-0.05, 0) is 96.1 Å². The van der Waals surface area contributed by atoms with Gasteiger partial charge in [-0.2, -0.15) is 0 Å². The zero-order valence-electron chi connectivity index (χ0n) is 31.2. The first-order valence-corrected chi connectivity index (χ1v) is 18.4. The molecule has 1 amide bonds. The number of benzene rings is 5. The molecule has 0 saturated carbocycles. The van der Waals surface area contributed by atoms with Gasteiger partial charge in [0.2, 0.25) is 0 Å². The predicted octanol–water partition coefficient (Wildman–Crippen LogP) is 7.60. The number of nitrogens with zero attached hydrogens (tertiary/aromatic N) is 4. The Balaban J connectivity index is 0.961. The fourth-order valence-electron chi connectivity index (χ4n) is 7.67. The van der Waals surface area contributed by atoms with E-state index in [-0.39, 0.29) is 31.2 Å². The van der Waals surface area contributed by atoms with Crippen molar-refractivity contribution in [2.24, 2.45) is 9.98 Å². The smallest absolute Gasteiger partial charge is 0.256 e. The molecule has 2 N–H and O–H groups in total. The second-order valence-electron chi connectivity index (χ2n) is 14.5. The normalized spacial score (nSPS) is 17.5. The highest BCUT2D eigenvalue weighted by Crippen LogP contribution is 2.37. The number of aldehydes is 1. The summed E-state index contributed by atoms with van der Waals surface area (Å²) < 4.78 is 18.2. The lowest BCUT2D eigenvalue weighted by Gasteiger charge is -2.34. The van der Waals surface area contributed by atoms with Gasteiger partial charge in [-0.15, -0.1) is 0 Å². The van der Waals surface area contributed by atoms with Crippen molar-refractivity contribution in [3.8, 4) is 17.2 Å². The molecule has 0 saturated heterocycles. The fraction of sp³-hybridized carbons (Fsp3) is 0.244. The van der Waals surface area contributed by atoms with Crippen LogP contribution in [-0.4, -0.2) is 60.7 Å². The molecule has 5 aromatic rings. The molecule has 0 spiro atoms. The van der Waals surface area contributed by atoms with Gasteiger partial charge >= 0.3 is 0 Å². The number of ether oxygens (including phenoxy) is 3. The van der Waals surface area contributed by atoms with Crippen molar-refractivity contribution in [2.45, 2.75) is 58.2 Å².